The van der Waals surface area contributed by atoms with Crippen LogP contribution in [0.2, 0.25) is 0 Å². The molecule has 0 aliphatic carbocycles. The number of carbonyl (C=O) groups is 3. The van der Waals surface area contributed by atoms with Gasteiger partial charge in [-0.05, 0) is 71.6 Å². The smallest absolute Gasteiger partial charge is 0.334 e. The van der Waals surface area contributed by atoms with E-state index in [0.717, 1.165) is 0 Å². The molecule has 3 aliphatic rings. The highest BCUT2D eigenvalue weighted by Crippen LogP contribution is 2.45. The van der Waals surface area contributed by atoms with Gasteiger partial charge in [-0.2, -0.15) is 0 Å². The maximum Gasteiger partial charge on any atom is 0.334 e. The van der Waals surface area contributed by atoms with E-state index < -0.39 is 53.0 Å². The number of ether oxygens (including phenoxy) is 4. The molecule has 0 aromatic carbocycles. The molecule has 0 unspecified atom stereocenters. The lowest BCUT2D eigenvalue weighted by Crippen LogP contribution is -2.49. The zero-order valence-corrected chi connectivity index (χ0v) is 19.8. The Morgan fingerprint density at radius 1 is 0.969 bits per heavy atom. The first-order valence-corrected chi connectivity index (χ1v) is 11.4. The van der Waals surface area contributed by atoms with Crippen molar-refractivity contribution in [2.45, 2.75) is 115 Å². The zero-order valence-electron chi connectivity index (χ0n) is 19.8. The van der Waals surface area contributed by atoms with Crippen molar-refractivity contribution in [3.8, 4) is 0 Å². The molecule has 0 amide bonds. The molecular formula is C24H36O8. The van der Waals surface area contributed by atoms with Gasteiger partial charge in [0.05, 0.1) is 11.7 Å². The molecule has 0 radical (unpaired) electrons. The lowest BCUT2D eigenvalue weighted by atomic mass is 9.79. The average Bonchev–Trinajstić information content (AvgIpc) is 3.05. The van der Waals surface area contributed by atoms with Gasteiger partial charge in [-0.25, -0.2) is 4.79 Å². The van der Waals surface area contributed by atoms with Gasteiger partial charge in [0.1, 0.15) is 23.4 Å². The predicted molar refractivity (Wildman–Crippen MR) is 114 cm³/mol. The fourth-order valence-electron chi connectivity index (χ4n) is 5.31. The zero-order chi connectivity index (χ0) is 23.9. The molecule has 3 saturated heterocycles. The fraction of sp³-hybridized carbons (Fsp3) is 0.792. The Labute approximate surface area is 189 Å². The molecular weight excluding hydrogens is 416 g/mol. The van der Waals surface area contributed by atoms with E-state index in [1.54, 1.807) is 13.8 Å². The van der Waals surface area contributed by atoms with Gasteiger partial charge in [0.25, 0.3) is 0 Å². The molecule has 8 heteroatoms. The minimum atomic E-state index is -1.21. The summed E-state index contributed by atoms with van der Waals surface area (Å²) in [7, 11) is 0. The molecule has 3 rings (SSSR count). The van der Waals surface area contributed by atoms with Crippen molar-refractivity contribution in [2.24, 2.45) is 5.92 Å². The normalized spacial score (nSPS) is 42.7. The fourth-order valence-corrected chi connectivity index (χ4v) is 5.31. The number of hydrogen-bond donors (Lipinski definition) is 1. The van der Waals surface area contributed by atoms with E-state index in [-0.39, 0.29) is 12.3 Å². The van der Waals surface area contributed by atoms with Crippen LogP contribution in [0.25, 0.3) is 0 Å². The average molecular weight is 453 g/mol. The van der Waals surface area contributed by atoms with Crippen molar-refractivity contribution in [1.82, 2.24) is 0 Å². The first kappa shape index (κ1) is 24.7. The topological polar surface area (TPSA) is 108 Å². The molecule has 0 saturated carbocycles. The highest BCUT2D eigenvalue weighted by molar-refractivity contribution is 5.89. The number of esters is 3. The van der Waals surface area contributed by atoms with Crippen LogP contribution in [0.5, 0.6) is 0 Å². The van der Waals surface area contributed by atoms with Crippen molar-refractivity contribution in [1.29, 1.82) is 0 Å². The van der Waals surface area contributed by atoms with Gasteiger partial charge >= 0.3 is 17.9 Å². The van der Waals surface area contributed by atoms with E-state index in [1.807, 2.05) is 6.92 Å². The van der Waals surface area contributed by atoms with Gasteiger partial charge in [-0.1, -0.05) is 6.58 Å². The Bertz CT molecular complexity index is 789. The predicted octanol–water partition coefficient (Wildman–Crippen LogP) is 2.99. The van der Waals surface area contributed by atoms with E-state index in [0.29, 0.717) is 44.1 Å². The quantitative estimate of drug-likeness (QED) is 0.387. The van der Waals surface area contributed by atoms with E-state index in [4.69, 9.17) is 18.9 Å². The summed E-state index contributed by atoms with van der Waals surface area (Å²) in [4.78, 5) is 36.7. The number of aliphatic hydroxyl groups is 1. The molecule has 7 atom stereocenters. The highest BCUT2D eigenvalue weighted by atomic mass is 16.6. The largest absolute Gasteiger partial charge is 0.459 e. The molecule has 3 heterocycles. The van der Waals surface area contributed by atoms with Gasteiger partial charge < -0.3 is 24.1 Å². The van der Waals surface area contributed by atoms with E-state index >= 15 is 0 Å². The second-order valence-corrected chi connectivity index (χ2v) is 10.2. The van der Waals surface area contributed by atoms with Crippen molar-refractivity contribution in [2.75, 3.05) is 0 Å². The van der Waals surface area contributed by atoms with Crippen LogP contribution in [-0.4, -0.2) is 58.1 Å². The summed E-state index contributed by atoms with van der Waals surface area (Å²) in [6.45, 7) is 12.0. The van der Waals surface area contributed by atoms with Gasteiger partial charge in [0.15, 0.2) is 0 Å². The third-order valence-corrected chi connectivity index (χ3v) is 7.47. The lowest BCUT2D eigenvalue weighted by Gasteiger charge is -2.39. The summed E-state index contributed by atoms with van der Waals surface area (Å²) in [5, 5.41) is 11.3. The number of fused-ring (bicyclic) bond motifs is 5. The highest BCUT2D eigenvalue weighted by Gasteiger charge is 2.53. The third kappa shape index (κ3) is 5.01. The standard InChI is InChI=1S/C24H36O8/c1-14-17-7-11-23(5,32-21(14)27)19(29-15(2)25)8-10-22(4,28)18-9-12-24(6,31-18)20(13-17)30-16(3)26/h17-20,28H,1,7-13H2,2-6H3/t17-,18+,19+,20-,22-,23-,24-/m1/s1. The van der Waals surface area contributed by atoms with E-state index in [9.17, 15) is 19.5 Å². The van der Waals surface area contributed by atoms with E-state index in [2.05, 4.69) is 6.58 Å². The Hall–Kier alpha value is -1.93. The molecule has 8 nitrogen and oxygen atoms in total. The van der Waals surface area contributed by atoms with Crippen molar-refractivity contribution < 1.29 is 38.4 Å². The Morgan fingerprint density at radius 2 is 1.56 bits per heavy atom. The molecule has 3 aliphatic heterocycles. The monoisotopic (exact) mass is 452 g/mol. The van der Waals surface area contributed by atoms with Gasteiger partial charge in [0.2, 0.25) is 0 Å². The van der Waals surface area contributed by atoms with Crippen molar-refractivity contribution in [3.63, 3.8) is 0 Å². The Kier molecular flexibility index (Phi) is 6.78. The van der Waals surface area contributed by atoms with Crippen LogP contribution in [0, 0.1) is 5.92 Å². The maximum absolute atomic E-state index is 12.9. The van der Waals surface area contributed by atoms with Crippen LogP contribution in [0.3, 0.4) is 0 Å². The van der Waals surface area contributed by atoms with Crippen molar-refractivity contribution in [3.05, 3.63) is 12.2 Å². The molecule has 32 heavy (non-hydrogen) atoms. The van der Waals surface area contributed by atoms with E-state index in [1.165, 1.54) is 13.8 Å². The van der Waals surface area contributed by atoms with Crippen LogP contribution >= 0.6 is 0 Å². The van der Waals surface area contributed by atoms with Crippen LogP contribution in [-0.2, 0) is 33.3 Å². The van der Waals surface area contributed by atoms with Crippen LogP contribution < -0.4 is 0 Å². The Morgan fingerprint density at radius 3 is 2.19 bits per heavy atom. The van der Waals surface area contributed by atoms with Crippen LogP contribution in [0.4, 0.5) is 0 Å². The second kappa shape index (κ2) is 8.78. The molecule has 4 bridgehead atoms. The summed E-state index contributed by atoms with van der Waals surface area (Å²) in [6, 6.07) is 0. The van der Waals surface area contributed by atoms with Crippen molar-refractivity contribution >= 4 is 17.9 Å². The molecule has 1 N–H and O–H groups in total. The SMILES string of the molecule is C=C1C(=O)O[C@]2(C)CC[C@@H]1C[C@@H](OC(C)=O)[C@@]1(C)CC[C@H](O1)[C@](C)(O)CC[C@@H]2OC(C)=O. The number of rotatable bonds is 2. The Balaban J connectivity index is 2.04. The second-order valence-electron chi connectivity index (χ2n) is 10.2. The summed E-state index contributed by atoms with van der Waals surface area (Å²) in [5.74, 6) is -1.74. The first-order chi connectivity index (χ1) is 14.8. The maximum atomic E-state index is 12.9. The molecule has 3 fully saturated rings. The van der Waals surface area contributed by atoms with Gasteiger partial charge in [-0.15, -0.1) is 0 Å². The molecule has 180 valence electrons. The number of carbonyl (C=O) groups excluding carboxylic acids is 3. The molecule has 0 spiro atoms. The molecule has 0 aromatic heterocycles. The summed E-state index contributed by atoms with van der Waals surface area (Å²) >= 11 is 0. The minimum absolute atomic E-state index is 0.279. The molecule has 0 aromatic rings. The third-order valence-electron chi connectivity index (χ3n) is 7.47. The van der Waals surface area contributed by atoms with Crippen LogP contribution in [0.15, 0.2) is 12.2 Å². The minimum Gasteiger partial charge on any atom is -0.459 e. The van der Waals surface area contributed by atoms with Gasteiger partial charge in [0, 0.05) is 19.4 Å². The van der Waals surface area contributed by atoms with Crippen LogP contribution in [0.1, 0.15) is 79.6 Å². The summed E-state index contributed by atoms with van der Waals surface area (Å²) < 4.78 is 23.5. The number of hydrogen-bond acceptors (Lipinski definition) is 8. The summed E-state index contributed by atoms with van der Waals surface area (Å²) in [5.41, 5.74) is -2.76. The summed E-state index contributed by atoms with van der Waals surface area (Å²) in [6.07, 6.45) is 1.32. The lowest BCUT2D eigenvalue weighted by molar-refractivity contribution is -0.191. The van der Waals surface area contributed by atoms with Gasteiger partial charge in [-0.3, -0.25) is 9.59 Å². The first-order valence-electron chi connectivity index (χ1n) is 11.4.